The summed E-state index contributed by atoms with van der Waals surface area (Å²) in [6.07, 6.45) is 4.66. The molecule has 1 amide bonds. The minimum absolute atomic E-state index is 0.0910. The standard InChI is InChI=1S/C21H22N6O3S3/c1-3-30-16(29)8-12-9-31-20(23-12)24-15(28)10-32-21-26-25-18-17-13-6-4-5-7-14(13)33-19(17)22-11(2)27(18)21/h9H,3-8,10H2,1-2H3,(H,23,24,28). The summed E-state index contributed by atoms with van der Waals surface area (Å²) in [6.45, 7) is 4.03. The third kappa shape index (κ3) is 4.46. The van der Waals surface area contributed by atoms with Crippen molar-refractivity contribution in [3.05, 3.63) is 27.3 Å². The number of esters is 1. The van der Waals surface area contributed by atoms with E-state index in [-0.39, 0.29) is 24.1 Å². The minimum Gasteiger partial charge on any atom is -0.466 e. The lowest BCUT2D eigenvalue weighted by atomic mass is 9.97. The van der Waals surface area contributed by atoms with E-state index in [1.165, 1.54) is 46.4 Å². The van der Waals surface area contributed by atoms with Gasteiger partial charge in [0.05, 0.1) is 29.9 Å². The highest BCUT2D eigenvalue weighted by molar-refractivity contribution is 7.99. The summed E-state index contributed by atoms with van der Waals surface area (Å²) in [5.74, 6) is 0.438. The van der Waals surface area contributed by atoms with Crippen molar-refractivity contribution in [1.29, 1.82) is 0 Å². The molecule has 0 aliphatic heterocycles. The molecule has 1 N–H and O–H groups in total. The fourth-order valence-electron chi connectivity index (χ4n) is 3.97. The second-order valence-electron chi connectivity index (χ2n) is 7.65. The van der Waals surface area contributed by atoms with Gasteiger partial charge in [0, 0.05) is 10.3 Å². The molecular formula is C21H22N6O3S3. The Morgan fingerprint density at radius 2 is 2.09 bits per heavy atom. The van der Waals surface area contributed by atoms with Gasteiger partial charge in [-0.1, -0.05) is 11.8 Å². The number of thiazole rings is 1. The Hall–Kier alpha value is -2.57. The predicted octanol–water partition coefficient (Wildman–Crippen LogP) is 3.82. The van der Waals surface area contributed by atoms with Gasteiger partial charge in [-0.2, -0.15) is 0 Å². The van der Waals surface area contributed by atoms with Crippen LogP contribution in [0.2, 0.25) is 0 Å². The molecule has 0 bridgehead atoms. The van der Waals surface area contributed by atoms with Gasteiger partial charge in [-0.25, -0.2) is 9.97 Å². The summed E-state index contributed by atoms with van der Waals surface area (Å²) < 4.78 is 6.88. The van der Waals surface area contributed by atoms with E-state index >= 15 is 0 Å². The van der Waals surface area contributed by atoms with Crippen LogP contribution in [0.5, 0.6) is 0 Å². The number of nitrogens with zero attached hydrogens (tertiary/aromatic N) is 5. The molecule has 4 aromatic rings. The molecule has 0 saturated carbocycles. The normalized spacial score (nSPS) is 13.4. The molecule has 4 heterocycles. The summed E-state index contributed by atoms with van der Waals surface area (Å²) in [7, 11) is 0. The van der Waals surface area contributed by atoms with Crippen LogP contribution in [0.1, 0.15) is 41.7 Å². The lowest BCUT2D eigenvalue weighted by Gasteiger charge is -2.10. The second-order valence-corrected chi connectivity index (χ2v) is 10.5. The highest BCUT2D eigenvalue weighted by atomic mass is 32.2. The second kappa shape index (κ2) is 9.35. The number of thioether (sulfide) groups is 1. The smallest absolute Gasteiger partial charge is 0.311 e. The summed E-state index contributed by atoms with van der Waals surface area (Å²) in [5.41, 5.74) is 2.76. The van der Waals surface area contributed by atoms with E-state index in [0.717, 1.165) is 34.5 Å². The lowest BCUT2D eigenvalue weighted by molar-refractivity contribution is -0.142. The number of fused-ring (bicyclic) bond motifs is 5. The van der Waals surface area contributed by atoms with E-state index in [1.807, 2.05) is 11.3 Å². The number of carbonyl (C=O) groups excluding carboxylic acids is 2. The van der Waals surface area contributed by atoms with Crippen molar-refractivity contribution in [1.82, 2.24) is 24.6 Å². The Balaban J connectivity index is 1.29. The number of carbonyl (C=O) groups is 2. The maximum Gasteiger partial charge on any atom is 0.311 e. The topological polar surface area (TPSA) is 111 Å². The first-order valence-corrected chi connectivity index (χ1v) is 13.4. The monoisotopic (exact) mass is 502 g/mol. The predicted molar refractivity (Wildman–Crippen MR) is 129 cm³/mol. The van der Waals surface area contributed by atoms with Gasteiger partial charge in [-0.15, -0.1) is 32.9 Å². The molecule has 172 valence electrons. The Morgan fingerprint density at radius 3 is 2.94 bits per heavy atom. The van der Waals surface area contributed by atoms with Crippen molar-refractivity contribution >= 4 is 67.3 Å². The molecule has 0 radical (unpaired) electrons. The van der Waals surface area contributed by atoms with Crippen molar-refractivity contribution in [2.45, 2.75) is 51.1 Å². The summed E-state index contributed by atoms with van der Waals surface area (Å²) in [5, 5.41) is 15.6. The number of anilines is 1. The van der Waals surface area contributed by atoms with Crippen molar-refractivity contribution < 1.29 is 14.3 Å². The molecule has 12 heteroatoms. The van der Waals surface area contributed by atoms with Gasteiger partial charge < -0.3 is 10.1 Å². The SMILES string of the molecule is CCOC(=O)Cc1csc(NC(=O)CSc2nnc3c4c5c(sc4nc(C)n23)CCCC5)n1. The Kier molecular flexibility index (Phi) is 6.30. The molecule has 0 unspecified atom stereocenters. The minimum atomic E-state index is -0.333. The van der Waals surface area contributed by atoms with Crippen LogP contribution in [0, 0.1) is 6.92 Å². The van der Waals surface area contributed by atoms with Gasteiger partial charge in [-0.3, -0.25) is 14.0 Å². The molecule has 0 spiro atoms. The van der Waals surface area contributed by atoms with Crippen molar-refractivity contribution in [3.8, 4) is 0 Å². The van der Waals surface area contributed by atoms with Crippen LogP contribution in [0.3, 0.4) is 0 Å². The lowest BCUT2D eigenvalue weighted by Crippen LogP contribution is -2.14. The van der Waals surface area contributed by atoms with Gasteiger partial charge in [0.25, 0.3) is 0 Å². The molecule has 33 heavy (non-hydrogen) atoms. The van der Waals surface area contributed by atoms with Crippen LogP contribution >= 0.6 is 34.4 Å². The average Bonchev–Trinajstić information content (AvgIpc) is 3.49. The van der Waals surface area contributed by atoms with Gasteiger partial charge in [0.2, 0.25) is 5.91 Å². The molecular weight excluding hydrogens is 480 g/mol. The number of aryl methyl sites for hydroxylation is 3. The van der Waals surface area contributed by atoms with E-state index in [4.69, 9.17) is 9.72 Å². The Labute approximate surface area is 202 Å². The number of hydrogen-bond acceptors (Lipinski definition) is 10. The maximum atomic E-state index is 12.5. The number of ether oxygens (including phenoxy) is 1. The number of nitrogens with one attached hydrogen (secondary N) is 1. The van der Waals surface area contributed by atoms with Gasteiger partial charge >= 0.3 is 5.97 Å². The van der Waals surface area contributed by atoms with Gasteiger partial charge in [-0.05, 0) is 45.1 Å². The largest absolute Gasteiger partial charge is 0.466 e. The quantitative estimate of drug-likeness (QED) is 0.300. The third-order valence-electron chi connectivity index (χ3n) is 5.36. The number of hydrogen-bond donors (Lipinski definition) is 1. The fourth-order valence-corrected chi connectivity index (χ4v) is 6.77. The van der Waals surface area contributed by atoms with Crippen LogP contribution in [0.15, 0.2) is 10.5 Å². The summed E-state index contributed by atoms with van der Waals surface area (Å²) >= 11 is 4.36. The van der Waals surface area contributed by atoms with Crippen LogP contribution < -0.4 is 5.32 Å². The number of aromatic nitrogens is 5. The summed E-state index contributed by atoms with van der Waals surface area (Å²) in [4.78, 5) is 35.6. The Bertz CT molecular complexity index is 1360. The highest BCUT2D eigenvalue weighted by Crippen LogP contribution is 2.38. The zero-order chi connectivity index (χ0) is 22.9. The number of amides is 1. The zero-order valence-corrected chi connectivity index (χ0v) is 20.7. The molecule has 1 aliphatic carbocycles. The molecule has 9 nitrogen and oxygen atoms in total. The maximum absolute atomic E-state index is 12.5. The van der Waals surface area contributed by atoms with Crippen molar-refractivity contribution in [3.63, 3.8) is 0 Å². The average molecular weight is 503 g/mol. The van der Waals surface area contributed by atoms with E-state index in [1.54, 1.807) is 23.6 Å². The molecule has 4 aromatic heterocycles. The molecule has 5 rings (SSSR count). The van der Waals surface area contributed by atoms with Crippen LogP contribution in [0.4, 0.5) is 5.13 Å². The van der Waals surface area contributed by atoms with Crippen molar-refractivity contribution in [2.75, 3.05) is 17.7 Å². The van der Waals surface area contributed by atoms with Gasteiger partial charge in [0.15, 0.2) is 15.9 Å². The first kappa shape index (κ1) is 22.2. The van der Waals surface area contributed by atoms with Gasteiger partial charge in [0.1, 0.15) is 10.7 Å². The van der Waals surface area contributed by atoms with E-state index < -0.39 is 0 Å². The number of rotatable bonds is 7. The fraction of sp³-hybridized carbons (Fsp3) is 0.429. The van der Waals surface area contributed by atoms with Crippen molar-refractivity contribution in [2.24, 2.45) is 0 Å². The zero-order valence-electron chi connectivity index (χ0n) is 18.2. The molecule has 0 atom stereocenters. The van der Waals surface area contributed by atoms with Crippen LogP contribution in [-0.4, -0.2) is 48.8 Å². The third-order valence-corrected chi connectivity index (χ3v) is 8.28. The van der Waals surface area contributed by atoms with E-state index in [2.05, 4.69) is 20.5 Å². The summed E-state index contributed by atoms with van der Waals surface area (Å²) in [6, 6.07) is 0. The van der Waals surface area contributed by atoms with Crippen LogP contribution in [-0.2, 0) is 33.6 Å². The molecule has 0 fully saturated rings. The van der Waals surface area contributed by atoms with E-state index in [0.29, 0.717) is 22.6 Å². The molecule has 1 aliphatic rings. The first-order chi connectivity index (χ1) is 16.0. The highest BCUT2D eigenvalue weighted by Gasteiger charge is 2.23. The molecule has 0 saturated heterocycles. The Morgan fingerprint density at radius 1 is 1.24 bits per heavy atom. The van der Waals surface area contributed by atoms with E-state index in [9.17, 15) is 9.59 Å². The molecule has 0 aromatic carbocycles. The number of thiophene rings is 1. The first-order valence-electron chi connectivity index (χ1n) is 10.7. The van der Waals surface area contributed by atoms with Crippen LogP contribution in [0.25, 0.3) is 15.9 Å².